The van der Waals surface area contributed by atoms with Gasteiger partial charge in [-0.05, 0) is 56.6 Å². The Balaban J connectivity index is 0.00000385. The largest absolute Gasteiger partial charge is 0.497 e. The van der Waals surface area contributed by atoms with Gasteiger partial charge in [0.25, 0.3) is 0 Å². The molecule has 2 aromatic rings. The molecule has 0 radical (unpaired) electrons. The van der Waals surface area contributed by atoms with E-state index in [0.29, 0.717) is 6.54 Å². The first-order valence-corrected chi connectivity index (χ1v) is 12.0. The van der Waals surface area contributed by atoms with Gasteiger partial charge in [0, 0.05) is 26.1 Å². The molecule has 9 heteroatoms. The van der Waals surface area contributed by atoms with Crippen molar-refractivity contribution in [2.24, 2.45) is 4.99 Å². The van der Waals surface area contributed by atoms with Crippen LogP contribution in [-0.4, -0.2) is 65.5 Å². The Morgan fingerprint density at radius 2 is 1.76 bits per heavy atom. The highest BCUT2D eigenvalue weighted by molar-refractivity contribution is 14.0. The second kappa shape index (κ2) is 15.9. The normalized spacial score (nSPS) is 14.9. The van der Waals surface area contributed by atoms with Crippen molar-refractivity contribution < 1.29 is 4.74 Å². The quantitative estimate of drug-likeness (QED) is 0.187. The molecule has 0 spiro atoms. The van der Waals surface area contributed by atoms with Crippen molar-refractivity contribution >= 4 is 29.9 Å². The monoisotopic (exact) mass is 569 g/mol. The van der Waals surface area contributed by atoms with Gasteiger partial charge < -0.3 is 24.8 Å². The number of nitrogens with zero attached hydrogens (tertiary/aromatic N) is 5. The molecule has 33 heavy (non-hydrogen) atoms. The van der Waals surface area contributed by atoms with Crippen LogP contribution in [0.3, 0.4) is 0 Å². The average Bonchev–Trinajstić information content (AvgIpc) is 3.12. The molecule has 3 rings (SSSR count). The topological polar surface area (TPSA) is 79.6 Å². The summed E-state index contributed by atoms with van der Waals surface area (Å²) in [6.45, 7) is 8.86. The van der Waals surface area contributed by atoms with Crippen LogP contribution in [0.2, 0.25) is 0 Å². The second-order valence-electron chi connectivity index (χ2n) is 8.27. The van der Waals surface area contributed by atoms with Gasteiger partial charge in [-0.2, -0.15) is 0 Å². The van der Waals surface area contributed by atoms with E-state index in [1.165, 1.54) is 38.8 Å². The predicted molar refractivity (Wildman–Crippen MR) is 144 cm³/mol. The second-order valence-corrected chi connectivity index (χ2v) is 8.27. The molecule has 1 fully saturated rings. The maximum atomic E-state index is 5.25. The van der Waals surface area contributed by atoms with Gasteiger partial charge in [0.2, 0.25) is 0 Å². The Bertz CT molecular complexity index is 801. The molecule has 0 bridgehead atoms. The van der Waals surface area contributed by atoms with Crippen LogP contribution in [0.4, 0.5) is 0 Å². The number of halogens is 1. The summed E-state index contributed by atoms with van der Waals surface area (Å²) in [6, 6.07) is 8.07. The summed E-state index contributed by atoms with van der Waals surface area (Å²) in [5.41, 5.74) is 1.16. The minimum Gasteiger partial charge on any atom is -0.497 e. The standard InChI is InChI=1S/C24H39N7O.HI/c1-3-23-29-28-20-31(23)18-14-26-24(27-19-21-9-11-22(32-2)12-10-21)25-13-8-17-30-15-6-4-5-7-16-30;/h9-12,20H,3-8,13-19H2,1-2H3,(H2,25,26,27);1H. The molecule has 1 aromatic carbocycles. The number of nitrogens with one attached hydrogen (secondary N) is 2. The lowest BCUT2D eigenvalue weighted by Crippen LogP contribution is -2.40. The fourth-order valence-corrected chi connectivity index (χ4v) is 3.98. The first-order valence-electron chi connectivity index (χ1n) is 12.0. The number of likely N-dealkylation sites (tertiary alicyclic amines) is 1. The molecule has 0 atom stereocenters. The fourth-order valence-electron chi connectivity index (χ4n) is 3.98. The van der Waals surface area contributed by atoms with Gasteiger partial charge in [-0.15, -0.1) is 34.2 Å². The van der Waals surface area contributed by atoms with Gasteiger partial charge in [0.1, 0.15) is 17.9 Å². The van der Waals surface area contributed by atoms with E-state index in [1.807, 2.05) is 12.1 Å². The zero-order valence-corrected chi connectivity index (χ0v) is 22.5. The van der Waals surface area contributed by atoms with Crippen molar-refractivity contribution in [3.05, 3.63) is 42.0 Å². The van der Waals surface area contributed by atoms with E-state index >= 15 is 0 Å². The molecule has 1 aliphatic rings. The number of aryl methyl sites for hydroxylation is 1. The zero-order chi connectivity index (χ0) is 22.4. The van der Waals surface area contributed by atoms with Crippen LogP contribution in [0.15, 0.2) is 35.6 Å². The van der Waals surface area contributed by atoms with Crippen molar-refractivity contribution in [1.82, 2.24) is 30.3 Å². The summed E-state index contributed by atoms with van der Waals surface area (Å²) in [4.78, 5) is 7.42. The molecule has 1 aromatic heterocycles. The van der Waals surface area contributed by atoms with Crippen LogP contribution in [0.5, 0.6) is 5.75 Å². The Labute approximate surface area is 215 Å². The molecule has 2 N–H and O–H groups in total. The molecule has 0 saturated carbocycles. The number of benzene rings is 1. The SMILES string of the molecule is CCc1nncn1CCNC(=NCc1ccc(OC)cc1)NCCCN1CCCCCC1.I. The van der Waals surface area contributed by atoms with Crippen molar-refractivity contribution in [2.45, 2.75) is 58.5 Å². The number of methoxy groups -OCH3 is 1. The molecule has 0 unspecified atom stereocenters. The van der Waals surface area contributed by atoms with E-state index in [9.17, 15) is 0 Å². The lowest BCUT2D eigenvalue weighted by atomic mass is 10.2. The number of ether oxygens (including phenoxy) is 1. The molecule has 0 amide bonds. The third-order valence-electron chi connectivity index (χ3n) is 5.88. The fraction of sp³-hybridized carbons (Fsp3) is 0.625. The van der Waals surface area contributed by atoms with E-state index in [2.05, 4.69) is 49.4 Å². The molecule has 0 aliphatic carbocycles. The average molecular weight is 570 g/mol. The lowest BCUT2D eigenvalue weighted by molar-refractivity contribution is 0.282. The van der Waals surface area contributed by atoms with Crippen molar-refractivity contribution in [1.29, 1.82) is 0 Å². The van der Waals surface area contributed by atoms with Crippen LogP contribution < -0.4 is 15.4 Å². The summed E-state index contributed by atoms with van der Waals surface area (Å²) in [5, 5.41) is 15.2. The van der Waals surface area contributed by atoms with E-state index in [1.54, 1.807) is 13.4 Å². The number of rotatable bonds is 11. The first-order chi connectivity index (χ1) is 15.8. The number of hydrogen-bond donors (Lipinski definition) is 2. The van der Waals surface area contributed by atoms with Crippen LogP contribution in [0.1, 0.15) is 50.4 Å². The predicted octanol–water partition coefficient (Wildman–Crippen LogP) is 3.47. The Kier molecular flexibility index (Phi) is 13.2. The maximum absolute atomic E-state index is 5.25. The minimum absolute atomic E-state index is 0. The van der Waals surface area contributed by atoms with Crippen LogP contribution >= 0.6 is 24.0 Å². The summed E-state index contributed by atoms with van der Waals surface area (Å²) in [5.74, 6) is 2.72. The highest BCUT2D eigenvalue weighted by atomic mass is 127. The van der Waals surface area contributed by atoms with Crippen molar-refractivity contribution in [2.75, 3.05) is 39.8 Å². The Morgan fingerprint density at radius 3 is 2.45 bits per heavy atom. The van der Waals surface area contributed by atoms with Crippen molar-refractivity contribution in [3.63, 3.8) is 0 Å². The summed E-state index contributed by atoms with van der Waals surface area (Å²) in [7, 11) is 1.69. The van der Waals surface area contributed by atoms with E-state index in [0.717, 1.165) is 62.1 Å². The minimum atomic E-state index is 0. The van der Waals surface area contributed by atoms with Gasteiger partial charge in [-0.25, -0.2) is 4.99 Å². The number of guanidine groups is 1. The van der Waals surface area contributed by atoms with Crippen LogP contribution in [0, 0.1) is 0 Å². The van der Waals surface area contributed by atoms with Gasteiger partial charge in [0.05, 0.1) is 13.7 Å². The highest BCUT2D eigenvalue weighted by Crippen LogP contribution is 2.12. The highest BCUT2D eigenvalue weighted by Gasteiger charge is 2.08. The molecular weight excluding hydrogens is 529 g/mol. The van der Waals surface area contributed by atoms with Crippen LogP contribution in [-0.2, 0) is 19.5 Å². The van der Waals surface area contributed by atoms with Crippen molar-refractivity contribution in [3.8, 4) is 5.75 Å². The van der Waals surface area contributed by atoms with Gasteiger partial charge in [0.15, 0.2) is 5.96 Å². The zero-order valence-electron chi connectivity index (χ0n) is 20.1. The van der Waals surface area contributed by atoms with E-state index in [-0.39, 0.29) is 24.0 Å². The summed E-state index contributed by atoms with van der Waals surface area (Å²) >= 11 is 0. The summed E-state index contributed by atoms with van der Waals surface area (Å²) < 4.78 is 7.34. The molecular formula is C24H40IN7O. The van der Waals surface area contributed by atoms with Gasteiger partial charge in [-0.1, -0.05) is 31.9 Å². The Morgan fingerprint density at radius 1 is 1.03 bits per heavy atom. The van der Waals surface area contributed by atoms with E-state index < -0.39 is 0 Å². The number of aliphatic imine (C=N–C) groups is 1. The van der Waals surface area contributed by atoms with Gasteiger partial charge in [-0.3, -0.25) is 0 Å². The lowest BCUT2D eigenvalue weighted by Gasteiger charge is -2.20. The first kappa shape index (κ1) is 27.4. The third kappa shape index (κ3) is 9.87. The van der Waals surface area contributed by atoms with Gasteiger partial charge >= 0.3 is 0 Å². The number of aromatic nitrogens is 3. The molecule has 2 heterocycles. The molecule has 1 aliphatic heterocycles. The molecule has 1 saturated heterocycles. The summed E-state index contributed by atoms with van der Waals surface area (Å²) in [6.07, 6.45) is 9.24. The third-order valence-corrected chi connectivity index (χ3v) is 5.88. The Hall–Kier alpha value is -1.88. The van der Waals surface area contributed by atoms with Crippen LogP contribution in [0.25, 0.3) is 0 Å². The molecule has 184 valence electrons. The van der Waals surface area contributed by atoms with E-state index in [4.69, 9.17) is 9.73 Å². The number of hydrogen-bond acceptors (Lipinski definition) is 5. The molecule has 8 nitrogen and oxygen atoms in total. The maximum Gasteiger partial charge on any atom is 0.191 e. The smallest absolute Gasteiger partial charge is 0.191 e.